The van der Waals surface area contributed by atoms with Crippen LogP contribution < -0.4 is 0 Å². The molecule has 1 rings (SSSR count). The van der Waals surface area contributed by atoms with Crippen molar-refractivity contribution in [1.82, 2.24) is 0 Å². The Kier molecular flexibility index (Phi) is 2.76. The summed E-state index contributed by atoms with van der Waals surface area (Å²) in [6, 6.07) is 2.39. The van der Waals surface area contributed by atoms with E-state index in [-0.39, 0.29) is 17.8 Å². The summed E-state index contributed by atoms with van der Waals surface area (Å²) in [7, 11) is 0. The van der Waals surface area contributed by atoms with Gasteiger partial charge in [-0.05, 0) is 12.1 Å². The van der Waals surface area contributed by atoms with Crippen LogP contribution in [-0.2, 0) is 0 Å². The fourth-order valence-corrected chi connectivity index (χ4v) is 1.04. The van der Waals surface area contributed by atoms with Gasteiger partial charge in [-0.1, -0.05) is 6.08 Å². The minimum Gasteiger partial charge on any atom is -0.504 e. The first-order valence-corrected chi connectivity index (χ1v) is 3.96. The average molecular weight is 194 g/mol. The molecule has 74 valence electrons. The van der Waals surface area contributed by atoms with E-state index in [9.17, 15) is 9.90 Å². The molecule has 3 N–H and O–H groups in total. The van der Waals surface area contributed by atoms with Crippen LogP contribution in [0.2, 0.25) is 0 Å². The molecule has 0 heterocycles. The fourth-order valence-electron chi connectivity index (χ4n) is 1.04. The molecule has 0 aliphatic carbocycles. The highest BCUT2D eigenvalue weighted by Crippen LogP contribution is 2.37. The summed E-state index contributed by atoms with van der Waals surface area (Å²) in [6.07, 6.45) is 1.46. The zero-order valence-electron chi connectivity index (χ0n) is 7.40. The highest BCUT2D eigenvalue weighted by atomic mass is 16.3. The molecule has 14 heavy (non-hydrogen) atoms. The molecular weight excluding hydrogens is 184 g/mol. The Morgan fingerprint density at radius 1 is 1.29 bits per heavy atom. The Bertz CT molecular complexity index is 382. The molecule has 0 spiro atoms. The van der Waals surface area contributed by atoms with Crippen molar-refractivity contribution in [2.45, 2.75) is 6.42 Å². The predicted molar refractivity (Wildman–Crippen MR) is 50.6 cm³/mol. The van der Waals surface area contributed by atoms with Gasteiger partial charge in [-0.15, -0.1) is 6.58 Å². The summed E-state index contributed by atoms with van der Waals surface area (Å²) in [5.41, 5.74) is -0.0276. The standard InChI is InChI=1S/C10H10O4/c1-2-3-7(11)6-4-5-8(12)10(14)9(6)13/h2,4-5,12-14H,1,3H2. The molecule has 0 bridgehead atoms. The van der Waals surface area contributed by atoms with Crippen LogP contribution in [0.4, 0.5) is 0 Å². The lowest BCUT2D eigenvalue weighted by molar-refractivity contribution is 0.0992. The number of Topliss-reactive ketones (excluding diaryl/α,β-unsaturated/α-hetero) is 1. The van der Waals surface area contributed by atoms with Gasteiger partial charge in [-0.2, -0.15) is 0 Å². The van der Waals surface area contributed by atoms with Crippen LogP contribution in [0.1, 0.15) is 16.8 Å². The predicted octanol–water partition coefficient (Wildman–Crippen LogP) is 1.56. The van der Waals surface area contributed by atoms with E-state index in [1.165, 1.54) is 12.1 Å². The van der Waals surface area contributed by atoms with Gasteiger partial charge in [0.05, 0.1) is 5.56 Å². The van der Waals surface area contributed by atoms with Crippen molar-refractivity contribution in [3.8, 4) is 17.2 Å². The molecule has 0 saturated carbocycles. The molecule has 0 radical (unpaired) electrons. The SMILES string of the molecule is C=CCC(=O)c1ccc(O)c(O)c1O. The Labute approximate surface area is 80.7 Å². The molecule has 4 nitrogen and oxygen atoms in total. The van der Waals surface area contributed by atoms with Crippen molar-refractivity contribution in [1.29, 1.82) is 0 Å². The van der Waals surface area contributed by atoms with Crippen LogP contribution >= 0.6 is 0 Å². The molecule has 0 aliphatic rings. The summed E-state index contributed by atoms with van der Waals surface area (Å²) in [4.78, 5) is 11.3. The van der Waals surface area contributed by atoms with E-state index >= 15 is 0 Å². The summed E-state index contributed by atoms with van der Waals surface area (Å²) < 4.78 is 0. The second-order valence-electron chi connectivity index (χ2n) is 2.75. The second kappa shape index (κ2) is 3.83. The highest BCUT2D eigenvalue weighted by molar-refractivity contribution is 6.00. The highest BCUT2D eigenvalue weighted by Gasteiger charge is 2.15. The molecule has 4 heteroatoms. The van der Waals surface area contributed by atoms with Crippen molar-refractivity contribution in [2.75, 3.05) is 0 Å². The fraction of sp³-hybridized carbons (Fsp3) is 0.100. The van der Waals surface area contributed by atoms with Crippen molar-refractivity contribution >= 4 is 5.78 Å². The number of phenolic OH excluding ortho intramolecular Hbond substituents is 3. The molecule has 0 unspecified atom stereocenters. The van der Waals surface area contributed by atoms with E-state index in [1.54, 1.807) is 0 Å². The van der Waals surface area contributed by atoms with Crippen molar-refractivity contribution in [3.05, 3.63) is 30.4 Å². The van der Waals surface area contributed by atoms with Crippen molar-refractivity contribution in [2.24, 2.45) is 0 Å². The van der Waals surface area contributed by atoms with Crippen molar-refractivity contribution in [3.63, 3.8) is 0 Å². The number of benzene rings is 1. The number of allylic oxidation sites excluding steroid dienone is 1. The maximum atomic E-state index is 11.3. The monoisotopic (exact) mass is 194 g/mol. The Morgan fingerprint density at radius 2 is 1.93 bits per heavy atom. The molecule has 0 aliphatic heterocycles. The van der Waals surface area contributed by atoms with Gasteiger partial charge >= 0.3 is 0 Å². The number of aromatic hydroxyl groups is 3. The number of hydrogen-bond donors (Lipinski definition) is 3. The van der Waals surface area contributed by atoms with E-state index in [0.717, 1.165) is 6.07 Å². The second-order valence-corrected chi connectivity index (χ2v) is 2.75. The van der Waals surface area contributed by atoms with Crippen LogP contribution in [0.25, 0.3) is 0 Å². The lowest BCUT2D eigenvalue weighted by Crippen LogP contribution is -1.97. The Balaban J connectivity index is 3.17. The van der Waals surface area contributed by atoms with Gasteiger partial charge in [0.15, 0.2) is 17.3 Å². The van der Waals surface area contributed by atoms with Gasteiger partial charge in [0.2, 0.25) is 5.75 Å². The first-order valence-electron chi connectivity index (χ1n) is 3.96. The van der Waals surface area contributed by atoms with E-state index in [1.807, 2.05) is 0 Å². The summed E-state index contributed by atoms with van der Waals surface area (Å²) in [5.74, 6) is -2.11. The van der Waals surface area contributed by atoms with E-state index in [0.29, 0.717) is 0 Å². The third-order valence-electron chi connectivity index (χ3n) is 1.76. The maximum absolute atomic E-state index is 11.3. The van der Waals surface area contributed by atoms with Crippen LogP contribution in [0.15, 0.2) is 24.8 Å². The zero-order valence-corrected chi connectivity index (χ0v) is 7.40. The number of carbonyl (C=O) groups excluding carboxylic acids is 1. The molecule has 1 aromatic rings. The molecule has 0 saturated heterocycles. The normalized spacial score (nSPS) is 9.71. The number of ketones is 1. The van der Waals surface area contributed by atoms with E-state index < -0.39 is 17.2 Å². The number of carbonyl (C=O) groups is 1. The van der Waals surface area contributed by atoms with Gasteiger partial charge in [-0.25, -0.2) is 0 Å². The molecule has 0 fully saturated rings. The Hall–Kier alpha value is -1.97. The first-order chi connectivity index (χ1) is 6.57. The number of hydrogen-bond acceptors (Lipinski definition) is 4. The minimum atomic E-state index is -0.681. The summed E-state index contributed by atoms with van der Waals surface area (Å²) in [5, 5.41) is 27.4. The molecule has 0 aromatic heterocycles. The van der Waals surface area contributed by atoms with Gasteiger partial charge in [-0.3, -0.25) is 4.79 Å². The van der Waals surface area contributed by atoms with Crippen LogP contribution in [0.5, 0.6) is 17.2 Å². The van der Waals surface area contributed by atoms with Crippen LogP contribution in [0.3, 0.4) is 0 Å². The van der Waals surface area contributed by atoms with Gasteiger partial charge in [0, 0.05) is 6.42 Å². The molecule has 0 atom stereocenters. The lowest BCUT2D eigenvalue weighted by Gasteiger charge is -2.05. The zero-order chi connectivity index (χ0) is 10.7. The third kappa shape index (κ3) is 1.69. The van der Waals surface area contributed by atoms with Crippen LogP contribution in [0, 0.1) is 0 Å². The summed E-state index contributed by atoms with van der Waals surface area (Å²) >= 11 is 0. The maximum Gasteiger partial charge on any atom is 0.201 e. The largest absolute Gasteiger partial charge is 0.504 e. The Morgan fingerprint density at radius 3 is 2.50 bits per heavy atom. The lowest BCUT2D eigenvalue weighted by atomic mass is 10.1. The van der Waals surface area contributed by atoms with Gasteiger partial charge in [0.1, 0.15) is 0 Å². The number of rotatable bonds is 3. The summed E-state index contributed by atoms with van der Waals surface area (Å²) in [6.45, 7) is 3.38. The van der Waals surface area contributed by atoms with Gasteiger partial charge in [0.25, 0.3) is 0 Å². The van der Waals surface area contributed by atoms with E-state index in [2.05, 4.69) is 6.58 Å². The third-order valence-corrected chi connectivity index (χ3v) is 1.76. The molecule has 0 amide bonds. The minimum absolute atomic E-state index is 0.0276. The quantitative estimate of drug-likeness (QED) is 0.387. The van der Waals surface area contributed by atoms with Crippen molar-refractivity contribution < 1.29 is 20.1 Å². The molecular formula is C10H10O4. The number of phenols is 3. The first kappa shape index (κ1) is 10.1. The van der Waals surface area contributed by atoms with E-state index in [4.69, 9.17) is 10.2 Å². The van der Waals surface area contributed by atoms with Crippen LogP contribution in [-0.4, -0.2) is 21.1 Å². The average Bonchev–Trinajstić information content (AvgIpc) is 2.15. The smallest absolute Gasteiger partial charge is 0.201 e. The molecule has 1 aromatic carbocycles. The topological polar surface area (TPSA) is 77.8 Å². The van der Waals surface area contributed by atoms with Gasteiger partial charge < -0.3 is 15.3 Å².